The second-order valence-corrected chi connectivity index (χ2v) is 15.7. The molecule has 0 bridgehead atoms. The molecule has 9 aromatic carbocycles. The topological polar surface area (TPSA) is 8.17 Å². The summed E-state index contributed by atoms with van der Waals surface area (Å²) in [6.45, 7) is 0. The molecule has 0 saturated heterocycles. The number of hydrogen-bond acceptors (Lipinski definition) is 1. The van der Waals surface area contributed by atoms with Gasteiger partial charge >= 0.3 is 0 Å². The Morgan fingerprint density at radius 2 is 0.864 bits per heavy atom. The molecule has 59 heavy (non-hydrogen) atoms. The molecule has 276 valence electrons. The van der Waals surface area contributed by atoms with Crippen LogP contribution in [-0.4, -0.2) is 4.57 Å². The molecule has 0 aliphatic heterocycles. The van der Waals surface area contributed by atoms with Crippen LogP contribution in [0.3, 0.4) is 0 Å². The maximum absolute atomic E-state index is 2.44. The second-order valence-electron chi connectivity index (χ2n) is 15.7. The van der Waals surface area contributed by atoms with E-state index in [0.29, 0.717) is 0 Å². The van der Waals surface area contributed by atoms with Gasteiger partial charge in [-0.05, 0) is 116 Å². The van der Waals surface area contributed by atoms with Crippen molar-refractivity contribution in [3.8, 4) is 27.9 Å². The fourth-order valence-corrected chi connectivity index (χ4v) is 10.1. The van der Waals surface area contributed by atoms with Gasteiger partial charge in [-0.1, -0.05) is 170 Å². The Morgan fingerprint density at radius 3 is 1.61 bits per heavy atom. The molecule has 1 spiro atoms. The van der Waals surface area contributed by atoms with E-state index in [1.165, 1.54) is 77.4 Å². The molecule has 10 aromatic rings. The monoisotopic (exact) mass is 750 g/mol. The van der Waals surface area contributed by atoms with Crippen LogP contribution in [0.4, 0.5) is 17.1 Å². The summed E-state index contributed by atoms with van der Waals surface area (Å²) in [4.78, 5) is 2.44. The molecule has 1 heterocycles. The summed E-state index contributed by atoms with van der Waals surface area (Å²) in [5.74, 6) is 0. The van der Waals surface area contributed by atoms with E-state index < -0.39 is 5.41 Å². The number of hydrogen-bond donors (Lipinski definition) is 0. The quantitative estimate of drug-likeness (QED) is 0.170. The molecule has 2 heteroatoms. The Bertz CT molecular complexity index is 3210. The molecule has 1 aromatic heterocycles. The van der Waals surface area contributed by atoms with Gasteiger partial charge < -0.3 is 9.47 Å². The third kappa shape index (κ3) is 5.00. The maximum Gasteiger partial charge on any atom is 0.0725 e. The minimum Gasteiger partial charge on any atom is -0.310 e. The van der Waals surface area contributed by atoms with Crippen molar-refractivity contribution in [1.82, 2.24) is 4.57 Å². The highest BCUT2D eigenvalue weighted by Gasteiger charge is 2.48. The molecule has 2 aliphatic carbocycles. The zero-order chi connectivity index (χ0) is 38.9. The lowest BCUT2D eigenvalue weighted by molar-refractivity contribution is 0.766. The Balaban J connectivity index is 1.10. The summed E-state index contributed by atoms with van der Waals surface area (Å²) in [6, 6.07) is 80.3. The van der Waals surface area contributed by atoms with Gasteiger partial charge in [-0.15, -0.1) is 0 Å². The van der Waals surface area contributed by atoms with E-state index in [9.17, 15) is 0 Å². The standard InChI is InChI=1S/C57H38N2/c1-3-15-39(16-4-1)40-29-31-44(32-30-40)58(46-34-36-56-50(38-46)48-22-10-14-26-55(48)59(56)43-19-5-2-6-20-43)45-33-35-54-49(37-45)47-21-9-13-25-53(47)57(54)51-23-11-7-17-41(51)27-28-42-18-8-12-24-52(42)57/h1-38H. The summed E-state index contributed by atoms with van der Waals surface area (Å²) in [7, 11) is 0. The number of anilines is 3. The molecule has 0 saturated carbocycles. The number of rotatable bonds is 5. The predicted molar refractivity (Wildman–Crippen MR) is 247 cm³/mol. The third-order valence-electron chi connectivity index (χ3n) is 12.6. The average molecular weight is 751 g/mol. The second kappa shape index (κ2) is 13.2. The molecule has 0 amide bonds. The van der Waals surface area contributed by atoms with Crippen LogP contribution in [0.1, 0.15) is 33.4 Å². The van der Waals surface area contributed by atoms with Gasteiger partial charge in [0.25, 0.3) is 0 Å². The highest BCUT2D eigenvalue weighted by molar-refractivity contribution is 6.11. The number of benzene rings is 9. The molecule has 0 atom stereocenters. The highest BCUT2D eigenvalue weighted by Crippen LogP contribution is 2.59. The van der Waals surface area contributed by atoms with E-state index >= 15 is 0 Å². The summed E-state index contributed by atoms with van der Waals surface area (Å²) in [5, 5.41) is 2.45. The minimum absolute atomic E-state index is 0.471. The number of para-hydroxylation sites is 2. The van der Waals surface area contributed by atoms with Crippen molar-refractivity contribution in [3.63, 3.8) is 0 Å². The van der Waals surface area contributed by atoms with Crippen molar-refractivity contribution in [2.45, 2.75) is 5.41 Å². The molecular weight excluding hydrogens is 713 g/mol. The van der Waals surface area contributed by atoms with Gasteiger partial charge in [0, 0.05) is 33.5 Å². The molecule has 0 unspecified atom stereocenters. The molecule has 0 fully saturated rings. The van der Waals surface area contributed by atoms with Crippen molar-refractivity contribution in [2.75, 3.05) is 4.90 Å². The van der Waals surface area contributed by atoms with E-state index in [1.54, 1.807) is 0 Å². The van der Waals surface area contributed by atoms with Gasteiger partial charge in [-0.25, -0.2) is 0 Å². The zero-order valence-corrected chi connectivity index (χ0v) is 32.3. The van der Waals surface area contributed by atoms with Crippen molar-refractivity contribution >= 4 is 51.0 Å². The van der Waals surface area contributed by atoms with Gasteiger partial charge in [0.05, 0.1) is 16.4 Å². The summed E-state index contributed by atoms with van der Waals surface area (Å²) in [6.07, 6.45) is 4.59. The van der Waals surface area contributed by atoms with E-state index in [4.69, 9.17) is 0 Å². The van der Waals surface area contributed by atoms with Crippen molar-refractivity contribution in [2.24, 2.45) is 0 Å². The lowest BCUT2D eigenvalue weighted by atomic mass is 9.66. The highest BCUT2D eigenvalue weighted by atomic mass is 15.1. The Labute approximate surface area is 344 Å². The van der Waals surface area contributed by atoms with Gasteiger partial charge in [0.1, 0.15) is 0 Å². The van der Waals surface area contributed by atoms with Gasteiger partial charge in [0.15, 0.2) is 0 Å². The van der Waals surface area contributed by atoms with Gasteiger partial charge in [0.2, 0.25) is 0 Å². The molecule has 12 rings (SSSR count). The summed E-state index contributed by atoms with van der Waals surface area (Å²) >= 11 is 0. The van der Waals surface area contributed by atoms with Crippen molar-refractivity contribution in [1.29, 1.82) is 0 Å². The maximum atomic E-state index is 2.44. The van der Waals surface area contributed by atoms with Crippen LogP contribution in [0.2, 0.25) is 0 Å². The van der Waals surface area contributed by atoms with Crippen LogP contribution in [0, 0.1) is 0 Å². The first-order valence-corrected chi connectivity index (χ1v) is 20.4. The van der Waals surface area contributed by atoms with E-state index in [-0.39, 0.29) is 0 Å². The van der Waals surface area contributed by atoms with Crippen LogP contribution in [0.15, 0.2) is 218 Å². The Kier molecular flexibility index (Phi) is 7.48. The van der Waals surface area contributed by atoms with Crippen LogP contribution >= 0.6 is 0 Å². The summed E-state index contributed by atoms with van der Waals surface area (Å²) in [5.41, 5.74) is 19.1. The molecule has 2 nitrogen and oxygen atoms in total. The molecule has 0 N–H and O–H groups in total. The van der Waals surface area contributed by atoms with E-state index in [0.717, 1.165) is 22.7 Å². The van der Waals surface area contributed by atoms with Crippen molar-refractivity contribution < 1.29 is 0 Å². The minimum atomic E-state index is -0.471. The number of fused-ring (bicyclic) bond motifs is 12. The van der Waals surface area contributed by atoms with Crippen LogP contribution in [-0.2, 0) is 5.41 Å². The SMILES string of the molecule is C1=Cc2ccccc2C2(c3ccccc31)c1ccccc1-c1cc(N(c3ccc(-c4ccccc4)cc3)c3ccc4c(c3)c3ccccc3n4-c3ccccc3)ccc12. The zero-order valence-electron chi connectivity index (χ0n) is 32.3. The van der Waals surface area contributed by atoms with Crippen LogP contribution in [0.25, 0.3) is 61.9 Å². The van der Waals surface area contributed by atoms with Gasteiger partial charge in [-0.2, -0.15) is 0 Å². The number of aromatic nitrogens is 1. The number of nitrogens with zero attached hydrogens (tertiary/aromatic N) is 2. The molecular formula is C57H38N2. The predicted octanol–water partition coefficient (Wildman–Crippen LogP) is 14.8. The largest absolute Gasteiger partial charge is 0.310 e. The Hall–Kier alpha value is -7.68. The lowest BCUT2D eigenvalue weighted by Gasteiger charge is -2.35. The average Bonchev–Trinajstić information content (AvgIpc) is 3.74. The first-order chi connectivity index (χ1) is 29.3. The lowest BCUT2D eigenvalue weighted by Crippen LogP contribution is -2.29. The van der Waals surface area contributed by atoms with E-state index in [2.05, 4.69) is 240 Å². The fourth-order valence-electron chi connectivity index (χ4n) is 10.1. The molecule has 2 aliphatic rings. The van der Waals surface area contributed by atoms with Crippen molar-refractivity contribution in [3.05, 3.63) is 252 Å². The fraction of sp³-hybridized carbons (Fsp3) is 0.0175. The van der Waals surface area contributed by atoms with E-state index in [1.807, 2.05) is 0 Å². The Morgan fingerprint density at radius 1 is 0.339 bits per heavy atom. The van der Waals surface area contributed by atoms with Crippen LogP contribution in [0.5, 0.6) is 0 Å². The first kappa shape index (κ1) is 33.5. The van der Waals surface area contributed by atoms with Crippen LogP contribution < -0.4 is 4.90 Å². The third-order valence-corrected chi connectivity index (χ3v) is 12.6. The van der Waals surface area contributed by atoms with Gasteiger partial charge in [-0.3, -0.25) is 0 Å². The first-order valence-electron chi connectivity index (χ1n) is 20.4. The summed E-state index contributed by atoms with van der Waals surface area (Å²) < 4.78 is 2.39. The normalized spacial score (nSPS) is 13.2. The smallest absolute Gasteiger partial charge is 0.0725 e. The molecule has 0 radical (unpaired) electrons.